The van der Waals surface area contributed by atoms with E-state index in [1.807, 2.05) is 17.5 Å². The molecule has 0 bridgehead atoms. The summed E-state index contributed by atoms with van der Waals surface area (Å²) >= 11 is 1.61. The van der Waals surface area contributed by atoms with E-state index in [0.717, 1.165) is 34.6 Å². The van der Waals surface area contributed by atoms with Crippen molar-refractivity contribution in [3.05, 3.63) is 58.4 Å². The van der Waals surface area contributed by atoms with Gasteiger partial charge in [-0.25, -0.2) is 9.37 Å². The summed E-state index contributed by atoms with van der Waals surface area (Å²) in [7, 11) is 0. The molecule has 0 aliphatic carbocycles. The molecule has 0 spiro atoms. The van der Waals surface area contributed by atoms with Crippen LogP contribution in [0.25, 0.3) is 10.9 Å². The zero-order valence-corrected chi connectivity index (χ0v) is 13.3. The second-order valence-corrected chi connectivity index (χ2v) is 6.53. The van der Waals surface area contributed by atoms with Crippen LogP contribution in [0.5, 0.6) is 0 Å². The average Bonchev–Trinajstić information content (AvgIpc) is 3.09. The second-order valence-electron chi connectivity index (χ2n) is 5.60. The van der Waals surface area contributed by atoms with Gasteiger partial charge in [0.2, 0.25) is 0 Å². The third-order valence-corrected chi connectivity index (χ3v) is 4.89. The van der Waals surface area contributed by atoms with Crippen LogP contribution in [0.3, 0.4) is 0 Å². The van der Waals surface area contributed by atoms with Crippen molar-refractivity contribution in [2.24, 2.45) is 0 Å². The topological polar surface area (TPSA) is 38.2 Å². The Balaban J connectivity index is 1.58. The Kier molecular flexibility index (Phi) is 4.03. The summed E-state index contributed by atoms with van der Waals surface area (Å²) < 4.78 is 19.7. The van der Waals surface area contributed by atoms with Gasteiger partial charge in [0.05, 0.1) is 12.1 Å². The van der Waals surface area contributed by atoms with Gasteiger partial charge in [-0.2, -0.15) is 0 Å². The minimum absolute atomic E-state index is 0.00321. The van der Waals surface area contributed by atoms with E-state index in [4.69, 9.17) is 4.74 Å². The van der Waals surface area contributed by atoms with Gasteiger partial charge in [-0.1, -0.05) is 6.07 Å². The van der Waals surface area contributed by atoms with Crippen LogP contribution < -0.4 is 0 Å². The lowest BCUT2D eigenvalue weighted by Crippen LogP contribution is -2.37. The van der Waals surface area contributed by atoms with Crippen molar-refractivity contribution in [3.63, 3.8) is 0 Å². The first-order valence-electron chi connectivity index (χ1n) is 7.56. The fourth-order valence-electron chi connectivity index (χ4n) is 2.98. The lowest BCUT2D eigenvalue weighted by atomic mass is 10.1. The number of pyridine rings is 1. The van der Waals surface area contributed by atoms with Crippen molar-refractivity contribution in [2.45, 2.75) is 12.6 Å². The van der Waals surface area contributed by atoms with Gasteiger partial charge in [0.1, 0.15) is 16.9 Å². The molecule has 1 fully saturated rings. The first kappa shape index (κ1) is 14.7. The molecule has 1 unspecified atom stereocenters. The standard InChI is InChI=1S/C17H16FN3OS/c18-14-8-12-2-1-3-19-16(12)13(9-14)10-21-5-6-22-15(11-21)17-20-4-7-23-17/h1-4,7-9,15H,5-6,10-11H2. The lowest BCUT2D eigenvalue weighted by Gasteiger charge is -2.32. The largest absolute Gasteiger partial charge is 0.368 e. The molecule has 1 aliphatic heterocycles. The van der Waals surface area contributed by atoms with Crippen molar-refractivity contribution in [1.82, 2.24) is 14.9 Å². The fraction of sp³-hybridized carbons (Fsp3) is 0.294. The Bertz CT molecular complexity index is 809. The predicted molar refractivity (Wildman–Crippen MR) is 87.8 cm³/mol. The van der Waals surface area contributed by atoms with E-state index in [-0.39, 0.29) is 11.9 Å². The monoisotopic (exact) mass is 329 g/mol. The first-order chi connectivity index (χ1) is 11.3. The lowest BCUT2D eigenvalue weighted by molar-refractivity contribution is -0.0329. The number of ether oxygens (including phenoxy) is 1. The predicted octanol–water partition coefficient (Wildman–Crippen LogP) is 3.40. The highest BCUT2D eigenvalue weighted by Crippen LogP contribution is 2.26. The number of hydrogen-bond acceptors (Lipinski definition) is 5. The Morgan fingerprint density at radius 1 is 1.30 bits per heavy atom. The van der Waals surface area contributed by atoms with E-state index in [1.165, 1.54) is 6.07 Å². The normalized spacial score (nSPS) is 19.3. The molecule has 2 aromatic heterocycles. The zero-order valence-electron chi connectivity index (χ0n) is 12.5. The fourth-order valence-corrected chi connectivity index (χ4v) is 3.66. The molecular weight excluding hydrogens is 313 g/mol. The molecule has 0 radical (unpaired) electrons. The summed E-state index contributed by atoms with van der Waals surface area (Å²) in [6.45, 7) is 2.91. The minimum atomic E-state index is -0.217. The maximum Gasteiger partial charge on any atom is 0.124 e. The maximum atomic E-state index is 13.9. The number of thiazole rings is 1. The van der Waals surface area contributed by atoms with E-state index in [1.54, 1.807) is 29.8 Å². The van der Waals surface area contributed by atoms with E-state index in [9.17, 15) is 4.39 Å². The van der Waals surface area contributed by atoms with Crippen LogP contribution in [0, 0.1) is 5.82 Å². The van der Waals surface area contributed by atoms with Crippen molar-refractivity contribution in [3.8, 4) is 0 Å². The summed E-state index contributed by atoms with van der Waals surface area (Å²) in [6, 6.07) is 6.85. The van der Waals surface area contributed by atoms with Crippen molar-refractivity contribution < 1.29 is 9.13 Å². The summed E-state index contributed by atoms with van der Waals surface area (Å²) in [5, 5.41) is 3.80. The van der Waals surface area contributed by atoms with Gasteiger partial charge >= 0.3 is 0 Å². The SMILES string of the molecule is Fc1cc(CN2CCOC(c3nccs3)C2)c2ncccc2c1. The Morgan fingerprint density at radius 2 is 2.26 bits per heavy atom. The van der Waals surface area contributed by atoms with Gasteiger partial charge in [-0.3, -0.25) is 9.88 Å². The van der Waals surface area contributed by atoms with Crippen LogP contribution in [0.4, 0.5) is 4.39 Å². The van der Waals surface area contributed by atoms with E-state index < -0.39 is 0 Å². The van der Waals surface area contributed by atoms with Gasteiger partial charge in [-0.15, -0.1) is 11.3 Å². The molecule has 0 amide bonds. The number of benzene rings is 1. The first-order valence-corrected chi connectivity index (χ1v) is 8.44. The zero-order chi connectivity index (χ0) is 15.6. The van der Waals surface area contributed by atoms with E-state index in [0.29, 0.717) is 13.2 Å². The summed E-state index contributed by atoms with van der Waals surface area (Å²) in [4.78, 5) is 11.0. The molecule has 3 aromatic rings. The molecule has 4 rings (SSSR count). The average molecular weight is 329 g/mol. The van der Waals surface area contributed by atoms with Crippen LogP contribution in [0.1, 0.15) is 16.7 Å². The molecule has 0 N–H and O–H groups in total. The quantitative estimate of drug-likeness (QED) is 0.738. The third kappa shape index (κ3) is 3.10. The molecule has 1 aromatic carbocycles. The number of rotatable bonds is 3. The summed E-state index contributed by atoms with van der Waals surface area (Å²) in [6.07, 6.45) is 3.55. The summed E-state index contributed by atoms with van der Waals surface area (Å²) in [5.41, 5.74) is 1.78. The van der Waals surface area contributed by atoms with Gasteiger partial charge in [0, 0.05) is 42.8 Å². The van der Waals surface area contributed by atoms with Crippen LogP contribution in [-0.4, -0.2) is 34.6 Å². The Labute approximate surface area is 137 Å². The van der Waals surface area contributed by atoms with Crippen LogP contribution in [0.15, 0.2) is 42.0 Å². The van der Waals surface area contributed by atoms with E-state index >= 15 is 0 Å². The molecular formula is C17H16FN3OS. The molecule has 1 aliphatic rings. The number of halogens is 1. The molecule has 3 heterocycles. The maximum absolute atomic E-state index is 13.9. The van der Waals surface area contributed by atoms with E-state index in [2.05, 4.69) is 14.9 Å². The molecule has 118 valence electrons. The van der Waals surface area contributed by atoms with Crippen LogP contribution in [0.2, 0.25) is 0 Å². The van der Waals surface area contributed by atoms with Crippen molar-refractivity contribution in [2.75, 3.05) is 19.7 Å². The van der Waals surface area contributed by atoms with Crippen LogP contribution in [-0.2, 0) is 11.3 Å². The van der Waals surface area contributed by atoms with Crippen molar-refractivity contribution >= 4 is 22.2 Å². The molecule has 23 heavy (non-hydrogen) atoms. The number of nitrogens with zero attached hydrogens (tertiary/aromatic N) is 3. The minimum Gasteiger partial charge on any atom is -0.368 e. The number of fused-ring (bicyclic) bond motifs is 1. The number of aromatic nitrogens is 2. The van der Waals surface area contributed by atoms with Gasteiger partial charge in [0.15, 0.2) is 0 Å². The highest BCUT2D eigenvalue weighted by atomic mass is 32.1. The second kappa shape index (κ2) is 6.31. The smallest absolute Gasteiger partial charge is 0.124 e. The Hall–Kier alpha value is -1.89. The third-order valence-electron chi connectivity index (χ3n) is 4.02. The van der Waals surface area contributed by atoms with Gasteiger partial charge in [0.25, 0.3) is 0 Å². The molecule has 0 saturated carbocycles. The van der Waals surface area contributed by atoms with Crippen molar-refractivity contribution in [1.29, 1.82) is 0 Å². The van der Waals surface area contributed by atoms with Gasteiger partial charge < -0.3 is 4.74 Å². The van der Waals surface area contributed by atoms with Crippen LogP contribution >= 0.6 is 11.3 Å². The summed E-state index contributed by atoms with van der Waals surface area (Å²) in [5.74, 6) is -0.217. The Morgan fingerprint density at radius 3 is 3.13 bits per heavy atom. The molecule has 6 heteroatoms. The molecule has 1 atom stereocenters. The number of hydrogen-bond donors (Lipinski definition) is 0. The molecule has 4 nitrogen and oxygen atoms in total. The highest BCUT2D eigenvalue weighted by Gasteiger charge is 2.24. The number of morpholine rings is 1. The molecule has 1 saturated heterocycles. The highest BCUT2D eigenvalue weighted by molar-refractivity contribution is 7.09. The van der Waals surface area contributed by atoms with Gasteiger partial charge in [-0.05, 0) is 23.8 Å².